The van der Waals surface area contributed by atoms with Gasteiger partial charge in [0.1, 0.15) is 0 Å². The molecule has 1 N–H and O–H groups in total. The number of benzene rings is 2. The van der Waals surface area contributed by atoms with Crippen LogP contribution in [0.3, 0.4) is 0 Å². The first-order valence-electron chi connectivity index (χ1n) is 8.27. The molecular weight excluding hydrogens is 364 g/mol. The number of nitrogens with zero attached hydrogens (tertiary/aromatic N) is 1. The minimum Gasteiger partial charge on any atom is -0.490 e. The van der Waals surface area contributed by atoms with E-state index in [0.717, 1.165) is 4.90 Å². The molecule has 2 aromatic carbocycles. The van der Waals surface area contributed by atoms with Crippen LogP contribution in [0.15, 0.2) is 41.3 Å². The highest BCUT2D eigenvalue weighted by atomic mass is 32.2. The van der Waals surface area contributed by atoms with Gasteiger partial charge in [0, 0.05) is 23.4 Å². The third kappa shape index (κ3) is 5.50. The number of nitrogens with one attached hydrogen (secondary N) is 1. The quantitative estimate of drug-likeness (QED) is 0.548. The minimum atomic E-state index is -0.202. The van der Waals surface area contributed by atoms with Crippen LogP contribution in [0.5, 0.6) is 11.5 Å². The fourth-order valence-electron chi connectivity index (χ4n) is 2.35. The number of Topliss-reactive ketones (excluding diaryl/α,β-unsaturated/α-hetero) is 1. The van der Waals surface area contributed by atoms with E-state index in [2.05, 4.69) is 5.32 Å². The summed E-state index contributed by atoms with van der Waals surface area (Å²) in [7, 11) is 0. The van der Waals surface area contributed by atoms with Gasteiger partial charge in [-0.3, -0.25) is 9.59 Å². The van der Waals surface area contributed by atoms with Crippen molar-refractivity contribution in [3.05, 3.63) is 47.5 Å². The second kappa shape index (κ2) is 9.64. The number of nitriles is 1. The molecule has 0 aromatic heterocycles. The number of anilines is 1. The summed E-state index contributed by atoms with van der Waals surface area (Å²) >= 11 is 1.44. The normalized spacial score (nSPS) is 10.0. The summed E-state index contributed by atoms with van der Waals surface area (Å²) in [5, 5.41) is 11.7. The molecule has 0 unspecified atom stereocenters. The Balaban J connectivity index is 2.14. The highest BCUT2D eigenvalue weighted by molar-refractivity contribution is 7.98. The number of carbonyl (C=O) groups excluding carboxylic acids is 2. The summed E-state index contributed by atoms with van der Waals surface area (Å²) in [5.74, 6) is 0.461. The van der Waals surface area contributed by atoms with Gasteiger partial charge in [-0.1, -0.05) is 0 Å². The Bertz CT molecular complexity index is 890. The molecule has 0 aliphatic carbocycles. The van der Waals surface area contributed by atoms with Crippen LogP contribution in [0.25, 0.3) is 0 Å². The molecule has 2 rings (SSSR count). The molecule has 0 spiro atoms. The zero-order chi connectivity index (χ0) is 19.8. The van der Waals surface area contributed by atoms with Gasteiger partial charge in [0.2, 0.25) is 5.91 Å². The van der Waals surface area contributed by atoms with Crippen LogP contribution in [0.4, 0.5) is 5.69 Å². The van der Waals surface area contributed by atoms with Gasteiger partial charge in [-0.15, -0.1) is 11.8 Å². The summed E-state index contributed by atoms with van der Waals surface area (Å²) in [5.41, 5.74) is 1.61. The average molecular weight is 384 g/mol. The van der Waals surface area contributed by atoms with Gasteiger partial charge in [-0.05, 0) is 43.5 Å². The van der Waals surface area contributed by atoms with Crippen LogP contribution >= 0.6 is 11.8 Å². The molecule has 0 saturated carbocycles. The van der Waals surface area contributed by atoms with Crippen LogP contribution in [-0.4, -0.2) is 31.2 Å². The highest BCUT2D eigenvalue weighted by Gasteiger charge is 2.13. The Morgan fingerprint density at radius 1 is 1.15 bits per heavy atom. The largest absolute Gasteiger partial charge is 0.490 e. The summed E-state index contributed by atoms with van der Waals surface area (Å²) in [6.07, 6.45) is 1.87. The predicted molar refractivity (Wildman–Crippen MR) is 105 cm³/mol. The molecule has 27 heavy (non-hydrogen) atoms. The lowest BCUT2D eigenvalue weighted by Gasteiger charge is -2.13. The van der Waals surface area contributed by atoms with Crippen molar-refractivity contribution in [3.8, 4) is 17.6 Å². The minimum absolute atomic E-state index is 0.167. The van der Waals surface area contributed by atoms with Crippen molar-refractivity contribution in [1.82, 2.24) is 0 Å². The predicted octanol–water partition coefficient (Wildman–Crippen LogP) is 3.90. The van der Waals surface area contributed by atoms with E-state index in [0.29, 0.717) is 34.9 Å². The molecule has 0 aliphatic rings. The van der Waals surface area contributed by atoms with E-state index in [1.807, 2.05) is 19.2 Å². The average Bonchev–Trinajstić information content (AvgIpc) is 2.66. The van der Waals surface area contributed by atoms with Crippen molar-refractivity contribution in [1.29, 1.82) is 5.26 Å². The van der Waals surface area contributed by atoms with Crippen molar-refractivity contribution in [3.63, 3.8) is 0 Å². The van der Waals surface area contributed by atoms with Crippen molar-refractivity contribution in [2.24, 2.45) is 0 Å². The first kappa shape index (κ1) is 20.3. The number of ether oxygens (including phenoxy) is 2. The molecule has 0 fully saturated rings. The second-order valence-corrected chi connectivity index (χ2v) is 6.36. The number of rotatable bonds is 8. The molecule has 6 nitrogen and oxygen atoms in total. The molecule has 1 amide bonds. The number of thioether (sulfide) groups is 1. The van der Waals surface area contributed by atoms with Gasteiger partial charge in [0.25, 0.3) is 0 Å². The Kier molecular flexibility index (Phi) is 7.26. The smallest absolute Gasteiger partial charge is 0.221 e. The molecule has 0 radical (unpaired) electrons. The zero-order valence-electron chi connectivity index (χ0n) is 15.4. The van der Waals surface area contributed by atoms with E-state index >= 15 is 0 Å². The molecular formula is C20H20N2O4S. The number of amides is 1. The van der Waals surface area contributed by atoms with Crippen LogP contribution in [0.1, 0.15) is 29.8 Å². The molecule has 7 heteroatoms. The van der Waals surface area contributed by atoms with E-state index in [9.17, 15) is 9.59 Å². The first-order valence-corrected chi connectivity index (χ1v) is 9.49. The maximum atomic E-state index is 12.5. The monoisotopic (exact) mass is 384 g/mol. The highest BCUT2D eigenvalue weighted by Crippen LogP contribution is 2.29. The third-order valence-corrected chi connectivity index (χ3v) is 4.34. The van der Waals surface area contributed by atoms with Crippen LogP contribution in [0, 0.1) is 11.3 Å². The molecule has 0 atom stereocenters. The summed E-state index contributed by atoms with van der Waals surface area (Å²) in [6, 6.07) is 11.9. The lowest BCUT2D eigenvalue weighted by atomic mass is 10.1. The van der Waals surface area contributed by atoms with E-state index in [1.165, 1.54) is 18.7 Å². The van der Waals surface area contributed by atoms with Crippen molar-refractivity contribution < 1.29 is 19.1 Å². The SMILES string of the molecule is CCOc1cc(C#N)ccc1OCC(=O)c1ccc(NC(C)=O)c(SC)c1. The summed E-state index contributed by atoms with van der Waals surface area (Å²) < 4.78 is 11.1. The van der Waals surface area contributed by atoms with Gasteiger partial charge in [-0.2, -0.15) is 5.26 Å². The Morgan fingerprint density at radius 3 is 2.56 bits per heavy atom. The van der Waals surface area contributed by atoms with Crippen LogP contribution in [0.2, 0.25) is 0 Å². The molecule has 0 saturated heterocycles. The fraction of sp³-hybridized carbons (Fsp3) is 0.250. The fourth-order valence-corrected chi connectivity index (χ4v) is 2.93. The van der Waals surface area contributed by atoms with Gasteiger partial charge >= 0.3 is 0 Å². The lowest BCUT2D eigenvalue weighted by Crippen LogP contribution is -2.13. The van der Waals surface area contributed by atoms with E-state index < -0.39 is 0 Å². The van der Waals surface area contributed by atoms with Crippen LogP contribution in [-0.2, 0) is 4.79 Å². The molecule has 0 aliphatic heterocycles. The van der Waals surface area contributed by atoms with Crippen LogP contribution < -0.4 is 14.8 Å². The summed E-state index contributed by atoms with van der Waals surface area (Å²) in [6.45, 7) is 3.51. The molecule has 0 heterocycles. The van der Waals surface area contributed by atoms with E-state index in [4.69, 9.17) is 14.7 Å². The van der Waals surface area contributed by atoms with E-state index in [-0.39, 0.29) is 18.3 Å². The standard InChI is InChI=1S/C20H20N2O4S/c1-4-25-19-9-14(11-21)5-8-18(19)26-12-17(24)15-6-7-16(22-13(2)23)20(10-15)27-3/h5-10H,4,12H2,1-3H3,(H,22,23). The molecule has 140 valence electrons. The van der Waals surface area contributed by atoms with Crippen molar-refractivity contribution in [2.45, 2.75) is 18.7 Å². The maximum absolute atomic E-state index is 12.5. The topological polar surface area (TPSA) is 88.4 Å². The Morgan fingerprint density at radius 2 is 1.93 bits per heavy atom. The summed E-state index contributed by atoms with van der Waals surface area (Å²) in [4.78, 5) is 24.5. The number of ketones is 1. The second-order valence-electron chi connectivity index (χ2n) is 5.51. The van der Waals surface area contributed by atoms with Crippen molar-refractivity contribution >= 4 is 29.1 Å². The maximum Gasteiger partial charge on any atom is 0.221 e. The molecule has 0 bridgehead atoms. The van der Waals surface area contributed by atoms with E-state index in [1.54, 1.807) is 36.4 Å². The number of hydrogen-bond acceptors (Lipinski definition) is 6. The molecule has 2 aromatic rings. The van der Waals surface area contributed by atoms with Gasteiger partial charge in [0.15, 0.2) is 23.9 Å². The third-order valence-electron chi connectivity index (χ3n) is 3.57. The van der Waals surface area contributed by atoms with Gasteiger partial charge in [-0.25, -0.2) is 0 Å². The Hall–Kier alpha value is -2.98. The van der Waals surface area contributed by atoms with Gasteiger partial charge < -0.3 is 14.8 Å². The van der Waals surface area contributed by atoms with Crippen molar-refractivity contribution in [2.75, 3.05) is 24.8 Å². The lowest BCUT2D eigenvalue weighted by molar-refractivity contribution is -0.114. The number of carbonyl (C=O) groups is 2. The Labute approximate surface area is 162 Å². The number of hydrogen-bond donors (Lipinski definition) is 1. The first-order chi connectivity index (χ1) is 13.0. The van der Waals surface area contributed by atoms with Gasteiger partial charge in [0.05, 0.1) is 23.9 Å². The zero-order valence-corrected chi connectivity index (χ0v) is 16.2.